The Bertz CT molecular complexity index is 199. The third kappa shape index (κ3) is 3.90. The molecule has 2 unspecified atom stereocenters. The van der Waals surface area contributed by atoms with E-state index in [2.05, 4.69) is 11.8 Å². The number of hydrogen-bond donors (Lipinski definition) is 2. The number of likely N-dealkylation sites (N-methyl/N-ethyl adjacent to an activating group) is 1. The van der Waals surface area contributed by atoms with E-state index in [1.54, 1.807) is 0 Å². The molecular formula is C10H24Cl3N3. The van der Waals surface area contributed by atoms with E-state index >= 15 is 0 Å². The van der Waals surface area contributed by atoms with E-state index < -0.39 is 0 Å². The summed E-state index contributed by atoms with van der Waals surface area (Å²) in [7, 11) is 0. The first-order valence-electron chi connectivity index (χ1n) is 5.35. The molecule has 2 aliphatic rings. The number of nitrogens with zero attached hydrogens (tertiary/aromatic N) is 1. The Morgan fingerprint density at radius 1 is 1.00 bits per heavy atom. The van der Waals surface area contributed by atoms with Crippen LogP contribution in [0.2, 0.25) is 0 Å². The van der Waals surface area contributed by atoms with Gasteiger partial charge in [0.1, 0.15) is 0 Å². The van der Waals surface area contributed by atoms with Crippen LogP contribution in [0.25, 0.3) is 0 Å². The zero-order valence-electron chi connectivity index (χ0n) is 9.78. The lowest BCUT2D eigenvalue weighted by atomic mass is 9.69. The maximum Gasteiger partial charge on any atom is 0.0301 e. The summed E-state index contributed by atoms with van der Waals surface area (Å²) in [5.74, 6) is 0. The summed E-state index contributed by atoms with van der Waals surface area (Å²) in [4.78, 5) is 2.41. The van der Waals surface area contributed by atoms with E-state index in [1.165, 1.54) is 6.42 Å². The van der Waals surface area contributed by atoms with Crippen molar-refractivity contribution in [3.8, 4) is 0 Å². The van der Waals surface area contributed by atoms with E-state index in [9.17, 15) is 0 Å². The fourth-order valence-electron chi connectivity index (χ4n) is 3.11. The molecular weight excluding hydrogens is 268 g/mol. The second-order valence-corrected chi connectivity index (χ2v) is 5.06. The molecule has 0 aromatic rings. The van der Waals surface area contributed by atoms with E-state index in [1.807, 2.05) is 0 Å². The van der Waals surface area contributed by atoms with Gasteiger partial charge < -0.3 is 11.5 Å². The van der Waals surface area contributed by atoms with E-state index in [0.717, 1.165) is 38.9 Å². The molecule has 2 bridgehead atoms. The molecule has 1 saturated carbocycles. The van der Waals surface area contributed by atoms with Gasteiger partial charge in [-0.3, -0.25) is 4.90 Å². The van der Waals surface area contributed by atoms with Crippen LogP contribution in [0.3, 0.4) is 0 Å². The standard InChI is InChI=1S/C10H21N3.3ClH/c1-2-13-7-9(11)4-3-5-10(12,6-9)8-13;;;/h2-8,11-12H2,1H3;3*1H. The third-order valence-corrected chi connectivity index (χ3v) is 3.58. The van der Waals surface area contributed by atoms with Gasteiger partial charge in [-0.15, -0.1) is 37.2 Å². The zero-order chi connectivity index (χ0) is 9.53. The second-order valence-electron chi connectivity index (χ2n) is 5.06. The average Bonchev–Trinajstić information content (AvgIpc) is 2.00. The Kier molecular flexibility index (Phi) is 7.90. The molecule has 0 radical (unpaired) electrons. The lowest BCUT2D eigenvalue weighted by Gasteiger charge is -2.52. The van der Waals surface area contributed by atoms with E-state index in [-0.39, 0.29) is 48.3 Å². The van der Waals surface area contributed by atoms with Crippen LogP contribution in [0.5, 0.6) is 0 Å². The third-order valence-electron chi connectivity index (χ3n) is 3.58. The van der Waals surface area contributed by atoms with Crippen LogP contribution < -0.4 is 11.5 Å². The number of fused-ring (bicyclic) bond motifs is 2. The predicted octanol–water partition coefficient (Wildman–Crippen LogP) is 1.56. The van der Waals surface area contributed by atoms with Gasteiger partial charge in [-0.1, -0.05) is 6.92 Å². The highest BCUT2D eigenvalue weighted by molar-refractivity contribution is 5.86. The number of nitrogens with two attached hydrogens (primary N) is 2. The van der Waals surface area contributed by atoms with Crippen molar-refractivity contribution >= 4 is 37.2 Å². The van der Waals surface area contributed by atoms with Crippen LogP contribution in [-0.4, -0.2) is 35.6 Å². The SMILES string of the molecule is CCN1CC2(N)CCCC(N)(C1)C2.Cl.Cl.Cl. The number of halogens is 3. The van der Waals surface area contributed by atoms with Gasteiger partial charge in [0.25, 0.3) is 0 Å². The van der Waals surface area contributed by atoms with Crippen molar-refractivity contribution < 1.29 is 0 Å². The summed E-state index contributed by atoms with van der Waals surface area (Å²) < 4.78 is 0. The lowest BCUT2D eigenvalue weighted by Crippen LogP contribution is -2.68. The van der Waals surface area contributed by atoms with Crippen LogP contribution in [0, 0.1) is 0 Å². The van der Waals surface area contributed by atoms with Crippen molar-refractivity contribution in [2.45, 2.75) is 43.7 Å². The van der Waals surface area contributed by atoms with Crippen LogP contribution >= 0.6 is 37.2 Å². The molecule has 0 aromatic heterocycles. The summed E-state index contributed by atoms with van der Waals surface area (Å²) in [5, 5.41) is 0. The maximum atomic E-state index is 6.33. The largest absolute Gasteiger partial charge is 0.324 e. The van der Waals surface area contributed by atoms with Gasteiger partial charge in [0.05, 0.1) is 0 Å². The van der Waals surface area contributed by atoms with Gasteiger partial charge in [-0.2, -0.15) is 0 Å². The van der Waals surface area contributed by atoms with Crippen LogP contribution in [0.1, 0.15) is 32.6 Å². The van der Waals surface area contributed by atoms with Crippen LogP contribution in [0.4, 0.5) is 0 Å². The lowest BCUT2D eigenvalue weighted by molar-refractivity contribution is 0.0479. The Morgan fingerprint density at radius 3 is 1.81 bits per heavy atom. The molecule has 3 nitrogen and oxygen atoms in total. The van der Waals surface area contributed by atoms with Gasteiger partial charge in [-0.05, 0) is 32.2 Å². The van der Waals surface area contributed by atoms with Crippen molar-refractivity contribution in [3.05, 3.63) is 0 Å². The molecule has 1 heterocycles. The Labute approximate surface area is 117 Å². The summed E-state index contributed by atoms with van der Waals surface area (Å²) in [6, 6.07) is 0. The number of piperidine rings is 1. The van der Waals surface area contributed by atoms with Gasteiger partial charge >= 0.3 is 0 Å². The first-order valence-corrected chi connectivity index (χ1v) is 5.35. The van der Waals surface area contributed by atoms with Crippen molar-refractivity contribution in [2.24, 2.45) is 11.5 Å². The minimum Gasteiger partial charge on any atom is -0.324 e. The molecule has 0 aromatic carbocycles. The summed E-state index contributed by atoms with van der Waals surface area (Å²) in [6.07, 6.45) is 4.55. The fourth-order valence-corrected chi connectivity index (χ4v) is 3.11. The fraction of sp³-hybridized carbons (Fsp3) is 1.00. The van der Waals surface area contributed by atoms with Crippen LogP contribution in [-0.2, 0) is 0 Å². The van der Waals surface area contributed by atoms with Gasteiger partial charge in [-0.25, -0.2) is 0 Å². The first-order chi connectivity index (χ1) is 6.05. The molecule has 2 atom stereocenters. The van der Waals surface area contributed by atoms with Crippen molar-refractivity contribution in [1.29, 1.82) is 0 Å². The molecule has 2 rings (SSSR count). The Morgan fingerprint density at radius 2 is 1.44 bits per heavy atom. The minimum absolute atomic E-state index is 0. The molecule has 1 saturated heterocycles. The van der Waals surface area contributed by atoms with Crippen LogP contribution in [0.15, 0.2) is 0 Å². The highest BCUT2D eigenvalue weighted by Gasteiger charge is 2.45. The van der Waals surface area contributed by atoms with Gasteiger partial charge in [0.15, 0.2) is 0 Å². The first kappa shape index (κ1) is 19.1. The van der Waals surface area contributed by atoms with Crippen molar-refractivity contribution in [2.75, 3.05) is 19.6 Å². The molecule has 0 spiro atoms. The highest BCUT2D eigenvalue weighted by atomic mass is 35.5. The molecule has 4 N–H and O–H groups in total. The Balaban J connectivity index is 0. The summed E-state index contributed by atoms with van der Waals surface area (Å²) in [5.41, 5.74) is 12.7. The number of likely N-dealkylation sites (tertiary alicyclic amines) is 1. The number of rotatable bonds is 1. The molecule has 2 fully saturated rings. The van der Waals surface area contributed by atoms with Gasteiger partial charge in [0.2, 0.25) is 0 Å². The predicted molar refractivity (Wildman–Crippen MR) is 76.2 cm³/mol. The number of hydrogen-bond acceptors (Lipinski definition) is 3. The molecule has 1 aliphatic heterocycles. The quantitative estimate of drug-likeness (QED) is 0.771. The van der Waals surface area contributed by atoms with E-state index in [0.29, 0.717) is 0 Å². The molecule has 1 aliphatic carbocycles. The second kappa shape index (κ2) is 6.62. The Hall–Kier alpha value is 0.750. The van der Waals surface area contributed by atoms with Crippen molar-refractivity contribution in [3.63, 3.8) is 0 Å². The smallest absolute Gasteiger partial charge is 0.0301 e. The molecule has 0 amide bonds. The zero-order valence-corrected chi connectivity index (χ0v) is 12.2. The molecule has 100 valence electrons. The van der Waals surface area contributed by atoms with E-state index in [4.69, 9.17) is 11.5 Å². The topological polar surface area (TPSA) is 55.3 Å². The maximum absolute atomic E-state index is 6.33. The summed E-state index contributed by atoms with van der Waals surface area (Å²) >= 11 is 0. The average molecular weight is 293 g/mol. The van der Waals surface area contributed by atoms with Gasteiger partial charge in [0, 0.05) is 24.2 Å². The highest BCUT2D eigenvalue weighted by Crippen LogP contribution is 2.37. The molecule has 16 heavy (non-hydrogen) atoms. The normalized spacial score (nSPS) is 37.7. The summed E-state index contributed by atoms with van der Waals surface area (Å²) in [6.45, 7) is 5.36. The van der Waals surface area contributed by atoms with Crippen molar-refractivity contribution in [1.82, 2.24) is 4.90 Å². The molecule has 6 heteroatoms. The minimum atomic E-state index is 0. The monoisotopic (exact) mass is 291 g/mol.